The highest BCUT2D eigenvalue weighted by Crippen LogP contribution is 2.26. The van der Waals surface area contributed by atoms with E-state index in [0.29, 0.717) is 10.9 Å². The van der Waals surface area contributed by atoms with Crippen molar-refractivity contribution in [3.8, 4) is 11.3 Å². The highest BCUT2D eigenvalue weighted by atomic mass is 79.9. The lowest BCUT2D eigenvalue weighted by atomic mass is 10.0. The smallest absolute Gasteiger partial charge is 0.271 e. The molecule has 0 fully saturated rings. The van der Waals surface area contributed by atoms with Gasteiger partial charge in [0, 0.05) is 10.9 Å². The van der Waals surface area contributed by atoms with E-state index in [1.165, 1.54) is 12.1 Å². The molecule has 0 saturated carbocycles. The summed E-state index contributed by atoms with van der Waals surface area (Å²) in [5.41, 5.74) is 6.70. The summed E-state index contributed by atoms with van der Waals surface area (Å²) in [5, 5.41) is 10.3. The van der Waals surface area contributed by atoms with E-state index in [-0.39, 0.29) is 11.4 Å². The van der Waals surface area contributed by atoms with Gasteiger partial charge in [-0.1, -0.05) is 22.0 Å². The van der Waals surface area contributed by atoms with E-state index in [1.807, 2.05) is 0 Å². The van der Waals surface area contributed by atoms with Crippen LogP contribution in [0.15, 0.2) is 18.2 Å². The van der Waals surface area contributed by atoms with E-state index < -0.39 is 11.7 Å². The number of nitrogens with zero attached hydrogens (tertiary/aromatic N) is 2. The first kappa shape index (κ1) is 11.7. The monoisotopic (exact) mass is 298 g/mol. The van der Waals surface area contributed by atoms with Crippen LogP contribution in [0.3, 0.4) is 0 Å². The Morgan fingerprint density at radius 1 is 1.47 bits per heavy atom. The lowest BCUT2D eigenvalue weighted by Gasteiger charge is -2.05. The number of primary amides is 1. The Morgan fingerprint density at radius 3 is 2.88 bits per heavy atom. The summed E-state index contributed by atoms with van der Waals surface area (Å²) < 4.78 is 13.2. The molecule has 1 aromatic carbocycles. The summed E-state index contributed by atoms with van der Waals surface area (Å²) in [5.74, 6) is -1.12. The molecule has 0 atom stereocenters. The second-order valence-electron chi connectivity index (χ2n) is 3.32. The van der Waals surface area contributed by atoms with Gasteiger partial charge in [-0.3, -0.25) is 4.79 Å². The molecule has 2 aromatic rings. The SMILES string of the molecule is NC(=O)c1n[nH]nc1-c1cc(F)ccc1CBr. The largest absolute Gasteiger partial charge is 0.364 e. The number of aromatic nitrogens is 3. The Labute approximate surface area is 104 Å². The molecular weight excluding hydrogens is 291 g/mol. The number of carbonyl (C=O) groups is 1. The standard InChI is InChI=1S/C10H8BrFN4O/c11-4-5-1-2-6(12)3-7(5)8-9(10(13)17)15-16-14-8/h1-3H,4H2,(H2,13,17)(H,14,15,16). The minimum Gasteiger partial charge on any atom is -0.364 e. The summed E-state index contributed by atoms with van der Waals surface area (Å²) in [7, 11) is 0. The third-order valence-corrected chi connectivity index (χ3v) is 2.86. The molecule has 0 spiro atoms. The maximum absolute atomic E-state index is 13.2. The molecule has 0 bridgehead atoms. The zero-order chi connectivity index (χ0) is 12.4. The Balaban J connectivity index is 2.63. The van der Waals surface area contributed by atoms with Gasteiger partial charge in [0.05, 0.1) is 0 Å². The predicted octanol–water partition coefficient (Wildman–Crippen LogP) is 1.60. The van der Waals surface area contributed by atoms with Crippen molar-refractivity contribution in [2.24, 2.45) is 5.73 Å². The lowest BCUT2D eigenvalue weighted by molar-refractivity contribution is 0.0996. The van der Waals surface area contributed by atoms with E-state index in [0.717, 1.165) is 5.56 Å². The first-order valence-corrected chi connectivity index (χ1v) is 5.81. The van der Waals surface area contributed by atoms with Gasteiger partial charge in [-0.2, -0.15) is 15.4 Å². The summed E-state index contributed by atoms with van der Waals surface area (Å²) >= 11 is 3.28. The zero-order valence-corrected chi connectivity index (χ0v) is 10.2. The van der Waals surface area contributed by atoms with Crippen LogP contribution in [0.2, 0.25) is 0 Å². The van der Waals surface area contributed by atoms with Crippen molar-refractivity contribution in [2.75, 3.05) is 0 Å². The number of benzene rings is 1. The van der Waals surface area contributed by atoms with Gasteiger partial charge in [0.15, 0.2) is 5.69 Å². The molecule has 0 aliphatic carbocycles. The third-order valence-electron chi connectivity index (χ3n) is 2.25. The van der Waals surface area contributed by atoms with E-state index in [4.69, 9.17) is 5.73 Å². The predicted molar refractivity (Wildman–Crippen MR) is 62.9 cm³/mol. The normalized spacial score (nSPS) is 10.5. The molecule has 0 radical (unpaired) electrons. The minimum absolute atomic E-state index is 0.00204. The van der Waals surface area contributed by atoms with E-state index in [2.05, 4.69) is 31.3 Å². The van der Waals surface area contributed by atoms with E-state index in [1.54, 1.807) is 6.07 Å². The fraction of sp³-hybridized carbons (Fsp3) is 0.100. The van der Waals surface area contributed by atoms with Gasteiger partial charge in [0.2, 0.25) is 0 Å². The van der Waals surface area contributed by atoms with Crippen LogP contribution in [0.1, 0.15) is 16.1 Å². The fourth-order valence-corrected chi connectivity index (χ4v) is 1.97. The van der Waals surface area contributed by atoms with Crippen molar-refractivity contribution < 1.29 is 9.18 Å². The number of nitrogens with one attached hydrogen (secondary N) is 1. The molecule has 2 rings (SSSR count). The van der Waals surface area contributed by atoms with Gasteiger partial charge >= 0.3 is 0 Å². The van der Waals surface area contributed by atoms with Crippen LogP contribution in [0.5, 0.6) is 0 Å². The van der Waals surface area contributed by atoms with Crippen molar-refractivity contribution in [3.63, 3.8) is 0 Å². The fourth-order valence-electron chi connectivity index (χ4n) is 1.48. The van der Waals surface area contributed by atoms with Gasteiger partial charge in [-0.05, 0) is 17.7 Å². The lowest BCUT2D eigenvalue weighted by Crippen LogP contribution is -2.13. The minimum atomic E-state index is -0.710. The molecule has 17 heavy (non-hydrogen) atoms. The molecule has 7 heteroatoms. The number of carbonyl (C=O) groups excluding carboxylic acids is 1. The van der Waals surface area contributed by atoms with Gasteiger partial charge in [-0.25, -0.2) is 4.39 Å². The zero-order valence-electron chi connectivity index (χ0n) is 8.58. The second kappa shape index (κ2) is 4.62. The quantitative estimate of drug-likeness (QED) is 0.844. The van der Waals surface area contributed by atoms with Gasteiger partial charge < -0.3 is 5.73 Å². The van der Waals surface area contributed by atoms with E-state index in [9.17, 15) is 9.18 Å². The molecule has 0 aliphatic heterocycles. The Hall–Kier alpha value is -1.76. The molecule has 1 heterocycles. The highest BCUT2D eigenvalue weighted by Gasteiger charge is 2.18. The van der Waals surface area contributed by atoms with Crippen LogP contribution in [0, 0.1) is 5.82 Å². The average molecular weight is 299 g/mol. The van der Waals surface area contributed by atoms with Crippen LogP contribution >= 0.6 is 15.9 Å². The van der Waals surface area contributed by atoms with Gasteiger partial charge in [0.1, 0.15) is 11.5 Å². The number of hydrogen-bond donors (Lipinski definition) is 2. The van der Waals surface area contributed by atoms with Gasteiger partial charge in [-0.15, -0.1) is 0 Å². The second-order valence-corrected chi connectivity index (χ2v) is 3.88. The van der Waals surface area contributed by atoms with Crippen LogP contribution in [-0.4, -0.2) is 21.3 Å². The summed E-state index contributed by atoms with van der Waals surface area (Å²) in [6.07, 6.45) is 0. The molecule has 0 unspecified atom stereocenters. The molecule has 3 N–H and O–H groups in total. The number of rotatable bonds is 3. The molecule has 0 saturated heterocycles. The van der Waals surface area contributed by atoms with Crippen LogP contribution in [0.4, 0.5) is 4.39 Å². The van der Waals surface area contributed by atoms with Crippen molar-refractivity contribution in [1.82, 2.24) is 15.4 Å². The van der Waals surface area contributed by atoms with Crippen LogP contribution < -0.4 is 5.73 Å². The topological polar surface area (TPSA) is 84.7 Å². The Kier molecular flexibility index (Phi) is 3.19. The highest BCUT2D eigenvalue weighted by molar-refractivity contribution is 9.08. The molecule has 5 nitrogen and oxygen atoms in total. The molecule has 1 aromatic heterocycles. The number of amides is 1. The van der Waals surface area contributed by atoms with E-state index >= 15 is 0 Å². The summed E-state index contributed by atoms with van der Waals surface area (Å²) in [4.78, 5) is 11.1. The van der Waals surface area contributed by atoms with Gasteiger partial charge in [0.25, 0.3) is 5.91 Å². The third kappa shape index (κ3) is 2.19. The summed E-state index contributed by atoms with van der Waals surface area (Å²) in [6, 6.07) is 4.24. The Bertz CT molecular complexity index is 569. The summed E-state index contributed by atoms with van der Waals surface area (Å²) in [6.45, 7) is 0. The van der Waals surface area contributed by atoms with Crippen LogP contribution in [0.25, 0.3) is 11.3 Å². The number of H-pyrrole nitrogens is 1. The molecule has 1 amide bonds. The maximum Gasteiger partial charge on any atom is 0.271 e. The van der Waals surface area contributed by atoms with Crippen molar-refractivity contribution in [1.29, 1.82) is 0 Å². The van der Waals surface area contributed by atoms with Crippen molar-refractivity contribution in [2.45, 2.75) is 5.33 Å². The van der Waals surface area contributed by atoms with Crippen molar-refractivity contribution in [3.05, 3.63) is 35.3 Å². The first-order valence-electron chi connectivity index (χ1n) is 4.69. The number of halogens is 2. The number of aromatic amines is 1. The van der Waals surface area contributed by atoms with Crippen LogP contribution in [-0.2, 0) is 5.33 Å². The van der Waals surface area contributed by atoms with Crippen molar-refractivity contribution >= 4 is 21.8 Å². The molecule has 88 valence electrons. The number of hydrogen-bond acceptors (Lipinski definition) is 3. The number of nitrogens with two attached hydrogens (primary N) is 1. The molecule has 0 aliphatic rings. The molecular formula is C10H8BrFN4O. The number of alkyl halides is 1. The Morgan fingerprint density at radius 2 is 2.24 bits per heavy atom. The first-order chi connectivity index (χ1) is 8.13. The maximum atomic E-state index is 13.2. The average Bonchev–Trinajstić information content (AvgIpc) is 2.77.